The highest BCUT2D eigenvalue weighted by atomic mass is 32.1. The normalized spacial score (nSPS) is 20.5. The van der Waals surface area contributed by atoms with Crippen LogP contribution in [0.15, 0.2) is 24.8 Å². The van der Waals surface area contributed by atoms with E-state index in [2.05, 4.69) is 36.9 Å². The summed E-state index contributed by atoms with van der Waals surface area (Å²) in [4.78, 5) is 14.2. The average Bonchev–Trinajstić information content (AvgIpc) is 3.36. The molecule has 2 aliphatic heterocycles. The zero-order valence-electron chi connectivity index (χ0n) is 15.9. The van der Waals surface area contributed by atoms with Gasteiger partial charge in [-0.1, -0.05) is 0 Å². The molecule has 3 aromatic rings. The molecule has 0 aliphatic carbocycles. The first-order chi connectivity index (χ1) is 13.8. The maximum absolute atomic E-state index is 12.8. The van der Waals surface area contributed by atoms with Gasteiger partial charge in [-0.15, -0.1) is 11.3 Å². The van der Waals surface area contributed by atoms with Crippen molar-refractivity contribution in [3.8, 4) is 0 Å². The van der Waals surface area contributed by atoms with E-state index in [1.165, 1.54) is 11.9 Å². The van der Waals surface area contributed by atoms with Crippen molar-refractivity contribution in [1.82, 2.24) is 25.1 Å². The summed E-state index contributed by atoms with van der Waals surface area (Å²) in [5.74, 6) is 0.762. The number of alkyl halides is 3. The number of aromatic nitrogens is 4. The summed E-state index contributed by atoms with van der Waals surface area (Å²) >= 11 is 1.10. The SMILES string of the molecule is CC(c1cn[nH]c1)N1CC2(CCN(c3ncnc4sc(CC(F)(F)F)cc34)C2)C1. The van der Waals surface area contributed by atoms with Crippen LogP contribution in [0.5, 0.6) is 0 Å². The van der Waals surface area contributed by atoms with Crippen LogP contribution < -0.4 is 4.90 Å². The molecular weight excluding hydrogens is 401 g/mol. The van der Waals surface area contributed by atoms with E-state index in [1.54, 1.807) is 6.07 Å². The van der Waals surface area contributed by atoms with Gasteiger partial charge in [0.15, 0.2) is 0 Å². The number of rotatable bonds is 4. The number of aromatic amines is 1. The van der Waals surface area contributed by atoms with Gasteiger partial charge in [0, 0.05) is 54.3 Å². The lowest BCUT2D eigenvalue weighted by Crippen LogP contribution is -2.58. The third kappa shape index (κ3) is 3.48. The van der Waals surface area contributed by atoms with Gasteiger partial charge in [-0.3, -0.25) is 10.00 Å². The number of nitrogens with one attached hydrogen (secondary N) is 1. The first kappa shape index (κ1) is 18.8. The van der Waals surface area contributed by atoms with E-state index in [4.69, 9.17) is 0 Å². The van der Waals surface area contributed by atoms with Gasteiger partial charge >= 0.3 is 6.18 Å². The largest absolute Gasteiger partial charge is 0.393 e. The molecule has 2 saturated heterocycles. The molecule has 154 valence electrons. The minimum atomic E-state index is -4.22. The first-order valence-electron chi connectivity index (χ1n) is 9.60. The zero-order valence-corrected chi connectivity index (χ0v) is 16.7. The van der Waals surface area contributed by atoms with Gasteiger partial charge in [0.05, 0.1) is 18.0 Å². The van der Waals surface area contributed by atoms with Gasteiger partial charge in [0.1, 0.15) is 17.0 Å². The standard InChI is InChI=1S/C19H21F3N6S/c1-12(13-6-25-26-7-13)28-9-18(10-28)2-3-27(8-18)16-15-4-14(5-19(20,21)22)29-17(15)24-11-23-16/h4,6-7,11-12H,2-3,5,8-10H2,1H3,(H,25,26). The number of thiophene rings is 1. The van der Waals surface area contributed by atoms with E-state index in [0.29, 0.717) is 10.9 Å². The van der Waals surface area contributed by atoms with Crippen LogP contribution in [0.1, 0.15) is 29.8 Å². The van der Waals surface area contributed by atoms with E-state index in [0.717, 1.165) is 55.1 Å². The zero-order chi connectivity index (χ0) is 20.2. The highest BCUT2D eigenvalue weighted by Crippen LogP contribution is 2.45. The Morgan fingerprint density at radius 2 is 2.10 bits per heavy atom. The first-order valence-corrected chi connectivity index (χ1v) is 10.4. The number of hydrogen-bond acceptors (Lipinski definition) is 6. The van der Waals surface area contributed by atoms with Crippen LogP contribution in [0.25, 0.3) is 10.2 Å². The van der Waals surface area contributed by atoms with Crippen molar-refractivity contribution < 1.29 is 13.2 Å². The Balaban J connectivity index is 1.31. The lowest BCUT2D eigenvalue weighted by atomic mass is 9.78. The Hall–Kier alpha value is -2.20. The number of halogens is 3. The minimum absolute atomic E-state index is 0.222. The predicted octanol–water partition coefficient (Wildman–Crippen LogP) is 3.79. The third-order valence-corrected chi connectivity index (χ3v) is 7.14. The molecule has 1 spiro atoms. The van der Waals surface area contributed by atoms with Gasteiger partial charge in [-0.2, -0.15) is 18.3 Å². The minimum Gasteiger partial charge on any atom is -0.355 e. The summed E-state index contributed by atoms with van der Waals surface area (Å²) in [6.45, 7) is 5.94. The van der Waals surface area contributed by atoms with Crippen LogP contribution in [0.4, 0.5) is 19.0 Å². The fourth-order valence-electron chi connectivity index (χ4n) is 4.59. The van der Waals surface area contributed by atoms with Crippen molar-refractivity contribution in [3.05, 3.63) is 35.2 Å². The quantitative estimate of drug-likeness (QED) is 0.693. The number of likely N-dealkylation sites (tertiary alicyclic amines) is 1. The maximum atomic E-state index is 12.8. The Morgan fingerprint density at radius 1 is 1.28 bits per heavy atom. The van der Waals surface area contributed by atoms with E-state index in [1.807, 2.05) is 12.4 Å². The van der Waals surface area contributed by atoms with Crippen LogP contribution in [-0.2, 0) is 6.42 Å². The summed E-state index contributed by atoms with van der Waals surface area (Å²) < 4.78 is 38.3. The van der Waals surface area contributed by atoms with Gasteiger partial charge in [-0.05, 0) is 19.4 Å². The van der Waals surface area contributed by atoms with Crippen molar-refractivity contribution in [2.24, 2.45) is 5.41 Å². The molecule has 0 radical (unpaired) electrons. The number of nitrogens with zero attached hydrogens (tertiary/aromatic N) is 5. The predicted molar refractivity (Wildman–Crippen MR) is 105 cm³/mol. The lowest BCUT2D eigenvalue weighted by molar-refractivity contribution is -0.126. The summed E-state index contributed by atoms with van der Waals surface area (Å²) in [5.41, 5.74) is 1.41. The van der Waals surface area contributed by atoms with E-state index in [9.17, 15) is 13.2 Å². The molecule has 1 N–H and O–H groups in total. The molecule has 0 saturated carbocycles. The van der Waals surface area contributed by atoms with Crippen molar-refractivity contribution in [3.63, 3.8) is 0 Å². The van der Waals surface area contributed by atoms with E-state index in [-0.39, 0.29) is 10.3 Å². The second kappa shape index (κ2) is 6.66. The maximum Gasteiger partial charge on any atom is 0.393 e. The molecule has 10 heteroatoms. The topological polar surface area (TPSA) is 60.9 Å². The number of H-pyrrole nitrogens is 1. The number of anilines is 1. The Bertz CT molecular complexity index is 1010. The van der Waals surface area contributed by atoms with Crippen molar-refractivity contribution in [2.45, 2.75) is 32.0 Å². The lowest BCUT2D eigenvalue weighted by Gasteiger charge is -2.50. The fourth-order valence-corrected chi connectivity index (χ4v) is 5.61. The summed E-state index contributed by atoms with van der Waals surface area (Å²) in [5, 5.41) is 7.64. The third-order valence-electron chi connectivity index (χ3n) is 6.10. The van der Waals surface area contributed by atoms with Gasteiger partial charge in [0.25, 0.3) is 0 Å². The van der Waals surface area contributed by atoms with Crippen LogP contribution in [0.3, 0.4) is 0 Å². The average molecular weight is 422 g/mol. The molecular formula is C19H21F3N6S. The molecule has 2 fully saturated rings. The van der Waals surface area contributed by atoms with Gasteiger partial charge in [-0.25, -0.2) is 9.97 Å². The molecule has 2 aliphatic rings. The Kier molecular flexibility index (Phi) is 4.32. The second-order valence-electron chi connectivity index (χ2n) is 8.20. The molecule has 3 aromatic heterocycles. The fraction of sp³-hybridized carbons (Fsp3) is 0.526. The molecule has 0 aromatic carbocycles. The summed E-state index contributed by atoms with van der Waals surface area (Å²) in [6.07, 6.45) is 1.19. The highest BCUT2D eigenvalue weighted by molar-refractivity contribution is 7.18. The van der Waals surface area contributed by atoms with E-state index >= 15 is 0 Å². The van der Waals surface area contributed by atoms with Crippen LogP contribution in [0.2, 0.25) is 0 Å². The molecule has 0 bridgehead atoms. The number of hydrogen-bond donors (Lipinski definition) is 1. The molecule has 6 nitrogen and oxygen atoms in total. The van der Waals surface area contributed by atoms with Crippen molar-refractivity contribution in [2.75, 3.05) is 31.1 Å². The van der Waals surface area contributed by atoms with Crippen LogP contribution in [-0.4, -0.2) is 57.4 Å². The molecule has 29 heavy (non-hydrogen) atoms. The monoisotopic (exact) mass is 422 g/mol. The van der Waals surface area contributed by atoms with Crippen LogP contribution in [0, 0.1) is 5.41 Å². The Labute approximate surface area is 169 Å². The summed E-state index contributed by atoms with van der Waals surface area (Å²) in [7, 11) is 0. The van der Waals surface area contributed by atoms with Crippen molar-refractivity contribution >= 4 is 27.4 Å². The molecule has 5 rings (SSSR count). The molecule has 1 unspecified atom stereocenters. The van der Waals surface area contributed by atoms with Crippen molar-refractivity contribution in [1.29, 1.82) is 0 Å². The summed E-state index contributed by atoms with van der Waals surface area (Å²) in [6, 6.07) is 1.93. The van der Waals surface area contributed by atoms with E-state index < -0.39 is 12.6 Å². The smallest absolute Gasteiger partial charge is 0.355 e. The second-order valence-corrected chi connectivity index (χ2v) is 9.32. The molecule has 0 amide bonds. The Morgan fingerprint density at radius 3 is 2.83 bits per heavy atom. The number of fused-ring (bicyclic) bond motifs is 1. The van der Waals surface area contributed by atoms with Gasteiger partial charge in [0.2, 0.25) is 0 Å². The van der Waals surface area contributed by atoms with Gasteiger partial charge < -0.3 is 4.90 Å². The van der Waals surface area contributed by atoms with Crippen LogP contribution >= 0.6 is 11.3 Å². The highest BCUT2D eigenvalue weighted by Gasteiger charge is 2.49. The molecule has 1 atom stereocenters. The molecule has 5 heterocycles.